The van der Waals surface area contributed by atoms with Crippen LogP contribution in [0.1, 0.15) is 30.0 Å². The highest BCUT2D eigenvalue weighted by atomic mass is 35.5. The van der Waals surface area contributed by atoms with Crippen molar-refractivity contribution >= 4 is 34.1 Å². The number of pyridine rings is 1. The van der Waals surface area contributed by atoms with Crippen LogP contribution >= 0.6 is 11.6 Å². The number of para-hydroxylation sites is 2. The van der Waals surface area contributed by atoms with Gasteiger partial charge in [0.15, 0.2) is 0 Å². The monoisotopic (exact) mass is 511 g/mol. The molecular formula is C27H19ClFN7O. The van der Waals surface area contributed by atoms with Gasteiger partial charge in [0, 0.05) is 0 Å². The van der Waals surface area contributed by atoms with E-state index in [0.717, 1.165) is 6.20 Å². The average Bonchev–Trinajstić information content (AvgIpc) is 2.90. The minimum Gasteiger partial charge on any atom is -0.382 e. The average molecular weight is 512 g/mol. The number of aromatic nitrogens is 5. The standard InChI is InChI=1S/C27H19ClFN7O/c1-16(34-25-21(24(30)32-15-33-25)13-12-18-11-10-17(29)14-31-18)26-35-23-20(8-5-9-22(23)28)27(37)36(26)19-6-3-2-4-7-19/h2-11,14-16H,1H3,(H3,30,32,33,34). The summed E-state index contributed by atoms with van der Waals surface area (Å²) in [7, 11) is 0. The van der Waals surface area contributed by atoms with Crippen LogP contribution < -0.4 is 16.6 Å². The normalized spacial score (nSPS) is 11.5. The third kappa shape index (κ3) is 4.83. The van der Waals surface area contributed by atoms with Crippen molar-refractivity contribution in [3.63, 3.8) is 0 Å². The highest BCUT2D eigenvalue weighted by Gasteiger charge is 2.20. The van der Waals surface area contributed by atoms with Crippen LogP contribution in [0.2, 0.25) is 5.02 Å². The van der Waals surface area contributed by atoms with Gasteiger partial charge in [0.1, 0.15) is 40.9 Å². The predicted octanol–water partition coefficient (Wildman–Crippen LogP) is 4.52. The van der Waals surface area contributed by atoms with Gasteiger partial charge >= 0.3 is 0 Å². The Morgan fingerprint density at radius 2 is 1.84 bits per heavy atom. The van der Waals surface area contributed by atoms with Gasteiger partial charge in [-0.05, 0) is 49.2 Å². The van der Waals surface area contributed by atoms with Crippen LogP contribution in [-0.2, 0) is 0 Å². The first-order chi connectivity index (χ1) is 17.9. The molecule has 0 saturated heterocycles. The largest absolute Gasteiger partial charge is 0.382 e. The van der Waals surface area contributed by atoms with Gasteiger partial charge in [-0.1, -0.05) is 41.8 Å². The molecule has 8 nitrogen and oxygen atoms in total. The molecule has 0 radical (unpaired) electrons. The van der Waals surface area contributed by atoms with E-state index < -0.39 is 11.9 Å². The van der Waals surface area contributed by atoms with Gasteiger partial charge in [-0.2, -0.15) is 0 Å². The molecule has 182 valence electrons. The third-order valence-corrected chi connectivity index (χ3v) is 5.86. The number of hydrogen-bond acceptors (Lipinski definition) is 7. The number of nitrogen functional groups attached to an aromatic ring is 1. The Morgan fingerprint density at radius 3 is 2.59 bits per heavy atom. The molecule has 0 aliphatic rings. The minimum atomic E-state index is -0.535. The highest BCUT2D eigenvalue weighted by molar-refractivity contribution is 6.35. The molecule has 2 aromatic carbocycles. The summed E-state index contributed by atoms with van der Waals surface area (Å²) in [6, 6.07) is 16.5. The second-order valence-corrected chi connectivity index (χ2v) is 8.45. The number of nitrogens with zero attached hydrogens (tertiary/aromatic N) is 5. The first kappa shape index (κ1) is 23.9. The van der Waals surface area contributed by atoms with Crippen LogP contribution in [0, 0.1) is 17.7 Å². The molecule has 5 aromatic rings. The lowest BCUT2D eigenvalue weighted by atomic mass is 10.2. The van der Waals surface area contributed by atoms with Gasteiger partial charge in [0.25, 0.3) is 5.56 Å². The zero-order valence-corrected chi connectivity index (χ0v) is 20.2. The van der Waals surface area contributed by atoms with Crippen molar-refractivity contribution in [3.05, 3.63) is 111 Å². The summed E-state index contributed by atoms with van der Waals surface area (Å²) in [5, 5.41) is 4.02. The molecule has 0 bridgehead atoms. The maximum Gasteiger partial charge on any atom is 0.266 e. The number of nitrogens with two attached hydrogens (primary N) is 1. The predicted molar refractivity (Wildman–Crippen MR) is 141 cm³/mol. The van der Waals surface area contributed by atoms with E-state index in [1.807, 2.05) is 37.3 Å². The fraction of sp³-hybridized carbons (Fsp3) is 0.0741. The summed E-state index contributed by atoms with van der Waals surface area (Å²) in [5.41, 5.74) is 7.57. The fourth-order valence-electron chi connectivity index (χ4n) is 3.79. The van der Waals surface area contributed by atoms with Crippen molar-refractivity contribution in [1.82, 2.24) is 24.5 Å². The van der Waals surface area contributed by atoms with Crippen molar-refractivity contribution in [3.8, 4) is 17.5 Å². The van der Waals surface area contributed by atoms with E-state index >= 15 is 0 Å². The van der Waals surface area contributed by atoms with Crippen molar-refractivity contribution in [2.45, 2.75) is 13.0 Å². The maximum absolute atomic E-state index is 13.6. The van der Waals surface area contributed by atoms with Crippen LogP contribution in [0.4, 0.5) is 16.0 Å². The Kier molecular flexibility index (Phi) is 6.49. The molecule has 0 spiro atoms. The van der Waals surface area contributed by atoms with E-state index in [2.05, 4.69) is 32.1 Å². The molecule has 1 atom stereocenters. The summed E-state index contributed by atoms with van der Waals surface area (Å²) in [5.74, 6) is 6.19. The van der Waals surface area contributed by atoms with Gasteiger partial charge in [-0.3, -0.25) is 9.36 Å². The molecule has 0 aliphatic heterocycles. The SMILES string of the molecule is CC(Nc1ncnc(N)c1C#Cc1ccc(F)cn1)c1nc2c(Cl)cccc2c(=O)n1-c1ccccc1. The van der Waals surface area contributed by atoms with Crippen molar-refractivity contribution in [2.75, 3.05) is 11.1 Å². The summed E-state index contributed by atoms with van der Waals surface area (Å²) < 4.78 is 14.7. The topological polar surface area (TPSA) is 112 Å². The Bertz CT molecular complexity index is 1730. The summed E-state index contributed by atoms with van der Waals surface area (Å²) >= 11 is 6.40. The van der Waals surface area contributed by atoms with E-state index in [4.69, 9.17) is 22.3 Å². The van der Waals surface area contributed by atoms with Crippen LogP contribution in [0.3, 0.4) is 0 Å². The van der Waals surface area contributed by atoms with Gasteiger partial charge in [-0.15, -0.1) is 0 Å². The Morgan fingerprint density at radius 1 is 1.03 bits per heavy atom. The van der Waals surface area contributed by atoms with E-state index in [0.29, 0.717) is 44.5 Å². The fourth-order valence-corrected chi connectivity index (χ4v) is 4.00. The smallest absolute Gasteiger partial charge is 0.266 e. The summed E-state index contributed by atoms with van der Waals surface area (Å²) in [6.45, 7) is 1.83. The molecule has 10 heteroatoms. The number of hydrogen-bond donors (Lipinski definition) is 2. The second kappa shape index (κ2) is 10.0. The Labute approximate surface area is 216 Å². The molecule has 0 fully saturated rings. The van der Waals surface area contributed by atoms with Gasteiger partial charge in [0.2, 0.25) is 0 Å². The molecular weight excluding hydrogens is 493 g/mol. The van der Waals surface area contributed by atoms with Crippen molar-refractivity contribution in [2.24, 2.45) is 0 Å². The minimum absolute atomic E-state index is 0.147. The van der Waals surface area contributed by atoms with Crippen LogP contribution in [0.25, 0.3) is 16.6 Å². The van der Waals surface area contributed by atoms with Gasteiger partial charge < -0.3 is 11.1 Å². The van der Waals surface area contributed by atoms with Gasteiger partial charge in [0.05, 0.1) is 33.9 Å². The number of anilines is 2. The molecule has 37 heavy (non-hydrogen) atoms. The zero-order chi connectivity index (χ0) is 25.9. The van der Waals surface area contributed by atoms with Crippen LogP contribution in [0.5, 0.6) is 0 Å². The lowest BCUT2D eigenvalue weighted by molar-refractivity contribution is 0.621. The zero-order valence-electron chi connectivity index (χ0n) is 19.5. The Balaban J connectivity index is 1.61. The molecule has 3 N–H and O–H groups in total. The maximum atomic E-state index is 13.6. The molecule has 3 aromatic heterocycles. The van der Waals surface area contributed by atoms with E-state index in [9.17, 15) is 9.18 Å². The number of benzene rings is 2. The van der Waals surface area contributed by atoms with E-state index in [-0.39, 0.29) is 11.4 Å². The quantitative estimate of drug-likeness (QED) is 0.341. The van der Waals surface area contributed by atoms with Crippen molar-refractivity contribution < 1.29 is 4.39 Å². The number of rotatable bonds is 4. The number of halogens is 2. The first-order valence-electron chi connectivity index (χ1n) is 11.2. The Hall–Kier alpha value is -4.81. The lowest BCUT2D eigenvalue weighted by Gasteiger charge is -2.21. The molecule has 0 saturated carbocycles. The van der Waals surface area contributed by atoms with E-state index in [1.54, 1.807) is 18.2 Å². The van der Waals surface area contributed by atoms with E-state index in [1.165, 1.54) is 23.0 Å². The van der Waals surface area contributed by atoms with Crippen LogP contribution in [-0.4, -0.2) is 24.5 Å². The molecule has 0 amide bonds. The third-order valence-electron chi connectivity index (χ3n) is 5.55. The molecule has 5 rings (SSSR count). The molecule has 0 aliphatic carbocycles. The van der Waals surface area contributed by atoms with Gasteiger partial charge in [-0.25, -0.2) is 24.3 Å². The second-order valence-electron chi connectivity index (χ2n) is 8.04. The highest BCUT2D eigenvalue weighted by Crippen LogP contribution is 2.26. The summed E-state index contributed by atoms with van der Waals surface area (Å²) in [6.07, 6.45) is 2.39. The number of nitrogens with one attached hydrogen (secondary N) is 1. The number of fused-ring (bicyclic) bond motifs is 1. The lowest BCUT2D eigenvalue weighted by Crippen LogP contribution is -2.27. The van der Waals surface area contributed by atoms with Crippen molar-refractivity contribution in [1.29, 1.82) is 0 Å². The molecule has 1 unspecified atom stereocenters. The first-order valence-corrected chi connectivity index (χ1v) is 11.6. The molecule has 3 heterocycles. The van der Waals surface area contributed by atoms with Crippen LogP contribution in [0.15, 0.2) is 78.0 Å². The summed E-state index contributed by atoms with van der Waals surface area (Å²) in [4.78, 5) is 30.7.